The maximum Gasteiger partial charge on any atom is 0.261 e. The highest BCUT2D eigenvalue weighted by Crippen LogP contribution is 2.30. The summed E-state index contributed by atoms with van der Waals surface area (Å²) >= 11 is 6.44. The quantitative estimate of drug-likeness (QED) is 0.843. The molecular weight excluding hydrogens is 370 g/mol. The van der Waals surface area contributed by atoms with Crippen molar-refractivity contribution in [2.24, 2.45) is 0 Å². The summed E-state index contributed by atoms with van der Waals surface area (Å²) in [7, 11) is -3.62. The predicted molar refractivity (Wildman–Crippen MR) is 108 cm³/mol. The number of sulfonamides is 1. The van der Waals surface area contributed by atoms with E-state index in [0.717, 1.165) is 44.0 Å². The van der Waals surface area contributed by atoms with Crippen molar-refractivity contribution >= 4 is 33.0 Å². The van der Waals surface area contributed by atoms with Crippen molar-refractivity contribution in [2.75, 3.05) is 42.3 Å². The third kappa shape index (κ3) is 4.31. The Balaban J connectivity index is 1.74. The number of nitrogens with one attached hydrogen (secondary N) is 1. The molecule has 0 spiro atoms. The first-order chi connectivity index (χ1) is 12.4. The van der Waals surface area contributed by atoms with E-state index < -0.39 is 10.0 Å². The van der Waals surface area contributed by atoms with Crippen LogP contribution in [0.25, 0.3) is 0 Å². The number of benzene rings is 2. The molecule has 2 aromatic carbocycles. The SMILES string of the molecule is CCN1CCN(c2ccc(NS(=O)(=O)c3ccc(C)cc3)cc2Cl)CC1. The van der Waals surface area contributed by atoms with Crippen LogP contribution in [-0.2, 0) is 10.0 Å². The maximum absolute atomic E-state index is 12.5. The Labute approximate surface area is 160 Å². The van der Waals surface area contributed by atoms with Crippen LogP contribution in [0.15, 0.2) is 47.4 Å². The number of aryl methyl sites for hydroxylation is 1. The summed E-state index contributed by atoms with van der Waals surface area (Å²) in [5, 5.41) is 0.555. The highest BCUT2D eigenvalue weighted by atomic mass is 35.5. The molecule has 0 radical (unpaired) electrons. The lowest BCUT2D eigenvalue weighted by molar-refractivity contribution is 0.271. The number of likely N-dealkylation sites (N-methyl/N-ethyl adjacent to an activating group) is 1. The second kappa shape index (κ2) is 7.86. The van der Waals surface area contributed by atoms with E-state index in [1.807, 2.05) is 13.0 Å². The second-order valence-corrected chi connectivity index (χ2v) is 8.60. The Hall–Kier alpha value is -1.76. The molecule has 3 rings (SSSR count). The third-order valence-corrected chi connectivity index (χ3v) is 6.39. The number of rotatable bonds is 5. The van der Waals surface area contributed by atoms with Gasteiger partial charge in [0.2, 0.25) is 0 Å². The van der Waals surface area contributed by atoms with Gasteiger partial charge < -0.3 is 9.80 Å². The molecule has 1 N–H and O–H groups in total. The lowest BCUT2D eigenvalue weighted by Crippen LogP contribution is -2.46. The third-order valence-electron chi connectivity index (χ3n) is 4.69. The van der Waals surface area contributed by atoms with Crippen LogP contribution in [0, 0.1) is 6.92 Å². The van der Waals surface area contributed by atoms with Gasteiger partial charge in [-0.05, 0) is 43.8 Å². The molecule has 0 aliphatic carbocycles. The topological polar surface area (TPSA) is 52.6 Å². The van der Waals surface area contributed by atoms with Crippen molar-refractivity contribution in [1.29, 1.82) is 0 Å². The first-order valence-corrected chi connectivity index (χ1v) is 10.6. The lowest BCUT2D eigenvalue weighted by atomic mass is 10.2. The molecule has 5 nitrogen and oxygen atoms in total. The number of anilines is 2. The van der Waals surface area contributed by atoms with E-state index in [4.69, 9.17) is 11.6 Å². The molecule has 26 heavy (non-hydrogen) atoms. The summed E-state index contributed by atoms with van der Waals surface area (Å²) in [4.78, 5) is 4.88. The van der Waals surface area contributed by atoms with Gasteiger partial charge in [0.15, 0.2) is 0 Å². The minimum atomic E-state index is -3.62. The molecule has 0 bridgehead atoms. The van der Waals surface area contributed by atoms with E-state index in [1.54, 1.807) is 36.4 Å². The molecule has 7 heteroatoms. The minimum absolute atomic E-state index is 0.235. The van der Waals surface area contributed by atoms with Gasteiger partial charge in [-0.15, -0.1) is 0 Å². The van der Waals surface area contributed by atoms with Gasteiger partial charge in [-0.1, -0.05) is 36.2 Å². The molecule has 1 saturated heterocycles. The molecule has 1 aliphatic heterocycles. The number of piperazine rings is 1. The predicted octanol–water partition coefficient (Wildman–Crippen LogP) is 3.59. The molecule has 1 heterocycles. The average Bonchev–Trinajstić information content (AvgIpc) is 2.62. The van der Waals surface area contributed by atoms with Gasteiger partial charge in [0, 0.05) is 26.2 Å². The first-order valence-electron chi connectivity index (χ1n) is 8.75. The van der Waals surface area contributed by atoms with Crippen molar-refractivity contribution in [2.45, 2.75) is 18.7 Å². The van der Waals surface area contributed by atoms with Crippen LogP contribution in [0.2, 0.25) is 5.02 Å². The van der Waals surface area contributed by atoms with Crippen molar-refractivity contribution in [3.63, 3.8) is 0 Å². The number of hydrogen-bond donors (Lipinski definition) is 1. The maximum atomic E-state index is 12.5. The van der Waals surface area contributed by atoms with E-state index >= 15 is 0 Å². The van der Waals surface area contributed by atoms with Crippen molar-refractivity contribution < 1.29 is 8.42 Å². The smallest absolute Gasteiger partial charge is 0.261 e. The number of hydrogen-bond acceptors (Lipinski definition) is 4. The fraction of sp³-hybridized carbons (Fsp3) is 0.368. The van der Waals surface area contributed by atoms with Crippen LogP contribution in [-0.4, -0.2) is 46.0 Å². The Morgan fingerprint density at radius 2 is 1.69 bits per heavy atom. The Bertz CT molecular complexity index is 861. The van der Waals surface area contributed by atoms with Crippen LogP contribution in [0.1, 0.15) is 12.5 Å². The van der Waals surface area contributed by atoms with Gasteiger partial charge in [0.05, 0.1) is 21.3 Å². The average molecular weight is 394 g/mol. The highest BCUT2D eigenvalue weighted by molar-refractivity contribution is 7.92. The normalized spacial score (nSPS) is 15.9. The number of nitrogens with zero attached hydrogens (tertiary/aromatic N) is 2. The summed E-state index contributed by atoms with van der Waals surface area (Å²) in [5.74, 6) is 0. The Morgan fingerprint density at radius 1 is 1.04 bits per heavy atom. The second-order valence-electron chi connectivity index (χ2n) is 6.51. The van der Waals surface area contributed by atoms with Crippen LogP contribution in [0.4, 0.5) is 11.4 Å². The molecule has 1 fully saturated rings. The number of halogens is 1. The van der Waals surface area contributed by atoms with Crippen LogP contribution in [0.3, 0.4) is 0 Å². The summed E-state index contributed by atoms with van der Waals surface area (Å²) in [6.07, 6.45) is 0. The fourth-order valence-corrected chi connectivity index (χ4v) is 4.41. The van der Waals surface area contributed by atoms with Gasteiger partial charge in [0.25, 0.3) is 10.0 Å². The molecule has 140 valence electrons. The fourth-order valence-electron chi connectivity index (χ4n) is 3.06. The minimum Gasteiger partial charge on any atom is -0.368 e. The van der Waals surface area contributed by atoms with Gasteiger partial charge in [-0.25, -0.2) is 8.42 Å². The molecule has 0 amide bonds. The Kier molecular flexibility index (Phi) is 5.75. The molecule has 0 aromatic heterocycles. The zero-order chi connectivity index (χ0) is 18.7. The highest BCUT2D eigenvalue weighted by Gasteiger charge is 2.19. The lowest BCUT2D eigenvalue weighted by Gasteiger charge is -2.36. The Morgan fingerprint density at radius 3 is 2.27 bits per heavy atom. The van der Waals surface area contributed by atoms with Gasteiger partial charge in [-0.2, -0.15) is 0 Å². The van der Waals surface area contributed by atoms with Crippen LogP contribution in [0.5, 0.6) is 0 Å². The summed E-state index contributed by atoms with van der Waals surface area (Å²) in [6, 6.07) is 12.1. The van der Waals surface area contributed by atoms with E-state index in [2.05, 4.69) is 21.4 Å². The van der Waals surface area contributed by atoms with Crippen molar-refractivity contribution in [3.8, 4) is 0 Å². The molecular formula is C19H24ClN3O2S. The standard InChI is InChI=1S/C19H24ClN3O2S/c1-3-22-10-12-23(13-11-22)19-9-6-16(14-18(19)20)21-26(24,25)17-7-4-15(2)5-8-17/h4-9,14,21H,3,10-13H2,1-2H3. The van der Waals surface area contributed by atoms with E-state index in [1.165, 1.54) is 0 Å². The summed E-state index contributed by atoms with van der Waals surface area (Å²) in [6.45, 7) is 8.99. The molecule has 0 atom stereocenters. The molecule has 2 aromatic rings. The van der Waals surface area contributed by atoms with Crippen molar-refractivity contribution in [3.05, 3.63) is 53.1 Å². The molecule has 0 unspecified atom stereocenters. The zero-order valence-corrected chi connectivity index (χ0v) is 16.6. The van der Waals surface area contributed by atoms with Gasteiger partial charge in [-0.3, -0.25) is 4.72 Å². The van der Waals surface area contributed by atoms with Crippen molar-refractivity contribution in [1.82, 2.24) is 4.90 Å². The van der Waals surface area contributed by atoms with Crippen LogP contribution >= 0.6 is 11.6 Å². The van der Waals surface area contributed by atoms with Gasteiger partial charge >= 0.3 is 0 Å². The van der Waals surface area contributed by atoms with Gasteiger partial charge in [0.1, 0.15) is 0 Å². The van der Waals surface area contributed by atoms with E-state index in [9.17, 15) is 8.42 Å². The summed E-state index contributed by atoms with van der Waals surface area (Å²) in [5.41, 5.74) is 2.42. The summed E-state index contributed by atoms with van der Waals surface area (Å²) < 4.78 is 27.6. The van der Waals surface area contributed by atoms with E-state index in [-0.39, 0.29) is 4.90 Å². The first kappa shape index (κ1) is 19.0. The van der Waals surface area contributed by atoms with Crippen LogP contribution < -0.4 is 9.62 Å². The molecule has 0 saturated carbocycles. The zero-order valence-electron chi connectivity index (χ0n) is 15.1. The largest absolute Gasteiger partial charge is 0.368 e. The van der Waals surface area contributed by atoms with E-state index in [0.29, 0.717) is 10.7 Å². The monoisotopic (exact) mass is 393 g/mol. The molecule has 1 aliphatic rings.